The van der Waals surface area contributed by atoms with E-state index in [0.29, 0.717) is 30.2 Å². The van der Waals surface area contributed by atoms with Gasteiger partial charge in [-0.2, -0.15) is 18.3 Å². The van der Waals surface area contributed by atoms with Crippen molar-refractivity contribution in [2.24, 2.45) is 62.6 Å². The average molecular weight is 919 g/mol. The molecule has 0 aliphatic heterocycles. The highest BCUT2D eigenvalue weighted by molar-refractivity contribution is 6.03. The number of Topliss-reactive ketones (excluding diaryl/α,β-unsaturated/α-hetero) is 1. The van der Waals surface area contributed by atoms with Gasteiger partial charge in [0.05, 0.1) is 28.6 Å². The number of alkyl halides is 3. The molecule has 1 heterocycles. The fourth-order valence-electron chi connectivity index (χ4n) is 15.1. The first-order chi connectivity index (χ1) is 30.4. The molecule has 1 aromatic heterocycles. The van der Waals surface area contributed by atoms with Gasteiger partial charge in [0.25, 0.3) is 5.91 Å². The van der Waals surface area contributed by atoms with Crippen molar-refractivity contribution in [1.29, 1.82) is 0 Å². The number of ketones is 1. The monoisotopic (exact) mass is 919 g/mol. The molecule has 14 heteroatoms. The van der Waals surface area contributed by atoms with Crippen LogP contribution in [0.15, 0.2) is 41.5 Å². The summed E-state index contributed by atoms with van der Waals surface area (Å²) >= 11 is 0. The summed E-state index contributed by atoms with van der Waals surface area (Å²) in [5.41, 5.74) is -1.81. The molecule has 0 spiro atoms. The lowest BCUT2D eigenvalue weighted by atomic mass is 9.33. The Morgan fingerprint density at radius 1 is 0.848 bits per heavy atom. The van der Waals surface area contributed by atoms with E-state index in [9.17, 15) is 42.3 Å². The summed E-state index contributed by atoms with van der Waals surface area (Å²) in [7, 11) is 0. The van der Waals surface area contributed by atoms with E-state index in [-0.39, 0.29) is 69.2 Å². The lowest BCUT2D eigenvalue weighted by Crippen LogP contribution is -2.68. The lowest BCUT2D eigenvalue weighted by Gasteiger charge is -2.72. The van der Waals surface area contributed by atoms with E-state index < -0.39 is 57.9 Å². The van der Waals surface area contributed by atoms with Crippen LogP contribution < -0.4 is 10.6 Å². The molecule has 4 N–H and O–H groups in total. The van der Waals surface area contributed by atoms with E-state index in [4.69, 9.17) is 4.74 Å². The highest BCUT2D eigenvalue weighted by atomic mass is 19.4. The van der Waals surface area contributed by atoms with Crippen LogP contribution in [0.5, 0.6) is 0 Å². The number of aliphatic carboxylic acids is 1. The van der Waals surface area contributed by atoms with Crippen LogP contribution in [0.1, 0.15) is 156 Å². The van der Waals surface area contributed by atoms with Gasteiger partial charge in [0.2, 0.25) is 5.91 Å². The van der Waals surface area contributed by atoms with Gasteiger partial charge in [0, 0.05) is 17.4 Å². The van der Waals surface area contributed by atoms with Crippen molar-refractivity contribution in [3.05, 3.63) is 52.7 Å². The second-order valence-corrected chi connectivity index (χ2v) is 23.8. The number of nitrogens with one attached hydrogen (secondary N) is 3. The number of halogens is 3. The van der Waals surface area contributed by atoms with Crippen LogP contribution in [0.2, 0.25) is 0 Å². The van der Waals surface area contributed by atoms with Crippen molar-refractivity contribution in [3.63, 3.8) is 0 Å². The number of carboxylic acid groups (broad SMARTS) is 1. The standard InChI is InChI=1S/C52H69F3N4O7/c1-27(2)39-35(60)26-51(57-44(65)47(7,8)56-41(61)34-25-33(58-59-34)28-12-14-29(15-13-28)52(53,54)55)23-22-49(10)30(40(39)51)16-17-37-48(9)20-19-38(46(5,6)36(48)18-21-50(37,49)11)66-43(64)32-24-31(42(62)63)45(32,3)4/h12-15,25,27,30-32,36-38H,16-24,26H2,1-11H3,(H,56,61)(H,57,65)(H,58,59)(H,62,63)/t30-,31+,32-,36+,37-,38+,48+,49-,50-,51-/m1/s1. The minimum atomic E-state index is -4.49. The number of H-pyrrole nitrogens is 1. The molecular formula is C52H69F3N4O7. The summed E-state index contributed by atoms with van der Waals surface area (Å²) in [5.74, 6) is -2.45. The number of aromatic amines is 1. The molecule has 0 saturated heterocycles. The van der Waals surface area contributed by atoms with Crippen LogP contribution in [-0.2, 0) is 30.1 Å². The molecule has 1 aromatic carbocycles. The Bertz CT molecular complexity index is 2380. The molecule has 6 aliphatic rings. The third-order valence-corrected chi connectivity index (χ3v) is 19.2. The van der Waals surface area contributed by atoms with E-state index in [0.717, 1.165) is 68.2 Å². The van der Waals surface area contributed by atoms with Crippen molar-refractivity contribution in [2.75, 3.05) is 0 Å². The Hall–Kier alpha value is -4.49. The number of benzene rings is 1. The Morgan fingerprint density at radius 3 is 2.12 bits per heavy atom. The molecule has 2 amide bonds. The number of hydrogen-bond acceptors (Lipinski definition) is 7. The average Bonchev–Trinajstić information content (AvgIpc) is 3.81. The SMILES string of the molecule is CC(C)C1=C2[C@H]3CC[C@@H]4[C@@]5(C)CC[C@H](OC(=O)[C@H]6C[C@@H](C(=O)O)C6(C)C)C(C)(C)[C@@H]5CC[C@@]4(C)[C@]3(C)CC[C@@]2(NC(=O)C(C)(C)NC(=O)c2cc(-c3ccc(C(F)(F)F)cc3)n[nH]2)CC1=O. The molecule has 0 radical (unpaired) electrons. The van der Waals surface area contributed by atoms with Crippen LogP contribution >= 0.6 is 0 Å². The van der Waals surface area contributed by atoms with Crippen LogP contribution in [-0.4, -0.2) is 62.0 Å². The van der Waals surface area contributed by atoms with Gasteiger partial charge in [-0.1, -0.05) is 74.4 Å². The maximum absolute atomic E-state index is 14.5. The predicted octanol–water partition coefficient (Wildman–Crippen LogP) is 10.1. The maximum atomic E-state index is 14.5. The van der Waals surface area contributed by atoms with E-state index in [2.05, 4.69) is 69.3 Å². The first-order valence-corrected chi connectivity index (χ1v) is 24.0. The number of ether oxygens (including phenoxy) is 1. The summed E-state index contributed by atoms with van der Waals surface area (Å²) < 4.78 is 45.8. The fourth-order valence-corrected chi connectivity index (χ4v) is 15.1. The zero-order chi connectivity index (χ0) is 48.5. The Balaban J connectivity index is 1.00. The third-order valence-electron chi connectivity index (χ3n) is 19.2. The van der Waals surface area contributed by atoms with Crippen molar-refractivity contribution in [2.45, 2.75) is 164 Å². The quantitative estimate of drug-likeness (QED) is 0.180. The number of hydrogen-bond donors (Lipinski definition) is 4. The largest absolute Gasteiger partial charge is 0.481 e. The van der Waals surface area contributed by atoms with E-state index in [1.807, 2.05) is 13.8 Å². The van der Waals surface area contributed by atoms with Crippen molar-refractivity contribution in [1.82, 2.24) is 20.8 Å². The molecule has 6 aliphatic carbocycles. The van der Waals surface area contributed by atoms with Crippen LogP contribution in [0.3, 0.4) is 0 Å². The first-order valence-electron chi connectivity index (χ1n) is 24.0. The maximum Gasteiger partial charge on any atom is 0.416 e. The van der Waals surface area contributed by atoms with Gasteiger partial charge in [0.1, 0.15) is 17.3 Å². The number of aromatic nitrogens is 2. The number of carbonyl (C=O) groups excluding carboxylic acids is 4. The summed E-state index contributed by atoms with van der Waals surface area (Å²) in [6, 6.07) is 5.91. The molecule has 11 nitrogen and oxygen atoms in total. The molecule has 5 fully saturated rings. The zero-order valence-corrected chi connectivity index (χ0v) is 40.5. The van der Waals surface area contributed by atoms with Gasteiger partial charge in [-0.25, -0.2) is 0 Å². The molecule has 360 valence electrons. The van der Waals surface area contributed by atoms with E-state index in [1.165, 1.54) is 18.2 Å². The van der Waals surface area contributed by atoms with Gasteiger partial charge in [-0.3, -0.25) is 29.1 Å². The number of carbonyl (C=O) groups is 5. The second-order valence-electron chi connectivity index (χ2n) is 23.8. The number of esters is 1. The lowest BCUT2D eigenvalue weighted by molar-refractivity contribution is -0.235. The molecular weight excluding hydrogens is 850 g/mol. The number of nitrogens with zero attached hydrogens (tertiary/aromatic N) is 1. The topological polar surface area (TPSA) is 168 Å². The molecule has 10 atom stereocenters. The predicted molar refractivity (Wildman–Crippen MR) is 241 cm³/mol. The second kappa shape index (κ2) is 15.5. The summed E-state index contributed by atoms with van der Waals surface area (Å²) in [5, 5.41) is 22.7. The van der Waals surface area contributed by atoms with Crippen molar-refractivity contribution < 1.29 is 47.0 Å². The number of allylic oxidation sites excluding steroid dienone is 1. The third kappa shape index (κ3) is 7.17. The summed E-state index contributed by atoms with van der Waals surface area (Å²) in [4.78, 5) is 67.9. The smallest absolute Gasteiger partial charge is 0.416 e. The van der Waals surface area contributed by atoms with Crippen LogP contribution in [0, 0.1) is 62.6 Å². The highest BCUT2D eigenvalue weighted by Crippen LogP contribution is 2.76. The van der Waals surface area contributed by atoms with Crippen molar-refractivity contribution in [3.8, 4) is 11.3 Å². The summed E-state index contributed by atoms with van der Waals surface area (Å²) in [6.45, 7) is 23.0. The minimum Gasteiger partial charge on any atom is -0.481 e. The van der Waals surface area contributed by atoms with Gasteiger partial charge in [-0.15, -0.1) is 0 Å². The highest BCUT2D eigenvalue weighted by Gasteiger charge is 2.71. The molecule has 5 saturated carbocycles. The van der Waals surface area contributed by atoms with E-state index >= 15 is 0 Å². The summed E-state index contributed by atoms with van der Waals surface area (Å²) in [6.07, 6.45) is 2.55. The normalized spacial score (nSPS) is 35.7. The Labute approximate surface area is 386 Å². The molecule has 0 unspecified atom stereocenters. The van der Waals surface area contributed by atoms with E-state index in [1.54, 1.807) is 13.8 Å². The van der Waals surface area contributed by atoms with Gasteiger partial charge in [0.15, 0.2) is 5.78 Å². The molecule has 8 rings (SSSR count). The number of rotatable bonds is 9. The van der Waals surface area contributed by atoms with Gasteiger partial charge >= 0.3 is 18.1 Å². The minimum absolute atomic E-state index is 0.0313. The molecule has 0 bridgehead atoms. The molecule has 66 heavy (non-hydrogen) atoms. The Kier molecular flexibility index (Phi) is 11.3. The first kappa shape index (κ1) is 48.0. The van der Waals surface area contributed by atoms with Gasteiger partial charge in [-0.05, 0) is 146 Å². The Morgan fingerprint density at radius 2 is 1.52 bits per heavy atom. The van der Waals surface area contributed by atoms with Crippen molar-refractivity contribution >= 4 is 29.5 Å². The van der Waals surface area contributed by atoms with Crippen LogP contribution in [0.4, 0.5) is 13.2 Å². The number of fused-ring (bicyclic) bond motifs is 7. The van der Waals surface area contributed by atoms with Gasteiger partial charge < -0.3 is 20.5 Å². The number of amides is 2. The fraction of sp³-hybridized carbons (Fsp3) is 0.692. The van der Waals surface area contributed by atoms with Crippen LogP contribution in [0.25, 0.3) is 11.3 Å². The molecule has 2 aromatic rings. The number of carboxylic acids is 1. The zero-order valence-electron chi connectivity index (χ0n) is 40.5.